The molecule has 116 valence electrons. The van der Waals surface area contributed by atoms with E-state index in [0.717, 1.165) is 19.1 Å². The molecule has 0 saturated heterocycles. The molecule has 1 aliphatic carbocycles. The molecule has 21 heavy (non-hydrogen) atoms. The van der Waals surface area contributed by atoms with Crippen LogP contribution in [0.4, 0.5) is 0 Å². The largest absolute Gasteiger partial charge is 0.349 e. The number of carbonyl (C=O) groups is 1. The summed E-state index contributed by atoms with van der Waals surface area (Å²) < 4.78 is 23.1. The molecule has 3 atom stereocenters. The van der Waals surface area contributed by atoms with Crippen LogP contribution in [-0.2, 0) is 9.84 Å². The second kappa shape index (κ2) is 6.18. The summed E-state index contributed by atoms with van der Waals surface area (Å²) in [6, 6.07) is 6.39. The molecule has 0 radical (unpaired) electrons. The summed E-state index contributed by atoms with van der Waals surface area (Å²) in [5.41, 5.74) is 0.406. The molecule has 0 spiro atoms. The van der Waals surface area contributed by atoms with Gasteiger partial charge in [-0.15, -0.1) is 0 Å². The fraction of sp³-hybridized carbons (Fsp3) is 0.562. The molecular weight excluding hydrogens is 286 g/mol. The molecule has 5 heteroatoms. The van der Waals surface area contributed by atoms with Crippen molar-refractivity contribution in [3.63, 3.8) is 0 Å². The number of sulfone groups is 1. The van der Waals surface area contributed by atoms with Crippen molar-refractivity contribution >= 4 is 15.7 Å². The molecule has 0 heterocycles. The Morgan fingerprint density at radius 1 is 1.24 bits per heavy atom. The van der Waals surface area contributed by atoms with Crippen molar-refractivity contribution in [3.8, 4) is 0 Å². The van der Waals surface area contributed by atoms with Crippen LogP contribution >= 0.6 is 0 Å². The third kappa shape index (κ3) is 3.84. The van der Waals surface area contributed by atoms with E-state index >= 15 is 0 Å². The van der Waals surface area contributed by atoms with Gasteiger partial charge in [0.25, 0.3) is 5.91 Å². The minimum absolute atomic E-state index is 0.170. The molecule has 1 aromatic carbocycles. The number of carbonyl (C=O) groups excluding carboxylic acids is 1. The first-order valence-electron chi connectivity index (χ1n) is 7.40. The molecule has 0 aliphatic heterocycles. The molecule has 0 bridgehead atoms. The second-order valence-electron chi connectivity index (χ2n) is 6.15. The van der Waals surface area contributed by atoms with Gasteiger partial charge in [0.15, 0.2) is 9.84 Å². The summed E-state index contributed by atoms with van der Waals surface area (Å²) in [6.07, 6.45) is 4.47. The average Bonchev–Trinajstić information content (AvgIpc) is 2.43. The molecule has 1 aromatic rings. The lowest BCUT2D eigenvalue weighted by molar-refractivity contribution is 0.0891. The highest BCUT2D eigenvalue weighted by molar-refractivity contribution is 7.90. The van der Waals surface area contributed by atoms with Crippen LogP contribution in [-0.4, -0.2) is 26.6 Å². The fourth-order valence-electron chi connectivity index (χ4n) is 2.91. The van der Waals surface area contributed by atoms with Gasteiger partial charge >= 0.3 is 0 Å². The quantitative estimate of drug-likeness (QED) is 0.933. The molecule has 4 nitrogen and oxygen atoms in total. The Hall–Kier alpha value is -1.36. The van der Waals surface area contributed by atoms with E-state index < -0.39 is 9.84 Å². The summed E-state index contributed by atoms with van der Waals surface area (Å²) in [4.78, 5) is 12.5. The standard InChI is InChI=1S/C16H23NO3S/c1-11-6-4-9-15(12(11)2)17-16(18)13-7-5-8-14(10-13)21(3,19)20/h5,7-8,10-12,15H,4,6,9H2,1-3H3,(H,17,18). The zero-order chi connectivity index (χ0) is 15.6. The van der Waals surface area contributed by atoms with Crippen molar-refractivity contribution in [3.05, 3.63) is 29.8 Å². The van der Waals surface area contributed by atoms with E-state index in [0.29, 0.717) is 17.4 Å². The van der Waals surface area contributed by atoms with Gasteiger partial charge in [0.1, 0.15) is 0 Å². The average molecular weight is 309 g/mol. The smallest absolute Gasteiger partial charge is 0.251 e. The van der Waals surface area contributed by atoms with Crippen LogP contribution in [0.5, 0.6) is 0 Å². The minimum Gasteiger partial charge on any atom is -0.349 e. The SMILES string of the molecule is CC1CCCC(NC(=O)c2cccc(S(C)(=O)=O)c2)C1C. The molecule has 1 amide bonds. The van der Waals surface area contributed by atoms with Crippen molar-refractivity contribution in [1.29, 1.82) is 0 Å². The Balaban J connectivity index is 2.14. The van der Waals surface area contributed by atoms with E-state index in [-0.39, 0.29) is 16.8 Å². The molecule has 3 unspecified atom stereocenters. The highest BCUT2D eigenvalue weighted by Crippen LogP contribution is 2.29. The van der Waals surface area contributed by atoms with Crippen molar-refractivity contribution in [2.24, 2.45) is 11.8 Å². The van der Waals surface area contributed by atoms with Gasteiger partial charge in [-0.2, -0.15) is 0 Å². The molecule has 0 aromatic heterocycles. The number of amides is 1. The third-order valence-electron chi connectivity index (χ3n) is 4.55. The van der Waals surface area contributed by atoms with E-state index in [9.17, 15) is 13.2 Å². The number of hydrogen-bond acceptors (Lipinski definition) is 3. The number of benzene rings is 1. The van der Waals surface area contributed by atoms with Crippen molar-refractivity contribution in [2.75, 3.05) is 6.26 Å². The third-order valence-corrected chi connectivity index (χ3v) is 5.66. The Kier molecular flexibility index (Phi) is 4.71. The predicted molar refractivity (Wildman–Crippen MR) is 83.0 cm³/mol. The Morgan fingerprint density at radius 2 is 1.95 bits per heavy atom. The minimum atomic E-state index is -3.29. The summed E-state index contributed by atoms with van der Waals surface area (Å²) in [6.45, 7) is 4.38. The maximum Gasteiger partial charge on any atom is 0.251 e. The predicted octanol–water partition coefficient (Wildman–Crippen LogP) is 2.64. The lowest BCUT2D eigenvalue weighted by Crippen LogP contribution is -2.43. The van der Waals surface area contributed by atoms with E-state index in [4.69, 9.17) is 0 Å². The van der Waals surface area contributed by atoms with Gasteiger partial charge in [-0.05, 0) is 36.5 Å². The highest BCUT2D eigenvalue weighted by Gasteiger charge is 2.28. The van der Waals surface area contributed by atoms with Crippen LogP contribution in [0.25, 0.3) is 0 Å². The molecule has 1 fully saturated rings. The van der Waals surface area contributed by atoms with Gasteiger partial charge in [-0.3, -0.25) is 4.79 Å². The van der Waals surface area contributed by atoms with Gasteiger partial charge in [0.2, 0.25) is 0 Å². The van der Waals surface area contributed by atoms with Crippen molar-refractivity contribution in [1.82, 2.24) is 5.32 Å². The van der Waals surface area contributed by atoms with Gasteiger partial charge < -0.3 is 5.32 Å². The fourth-order valence-corrected chi connectivity index (χ4v) is 3.57. The molecule has 2 rings (SSSR count). The molecular formula is C16H23NO3S. The Bertz CT molecular complexity index is 624. The van der Waals surface area contributed by atoms with Gasteiger partial charge in [-0.25, -0.2) is 8.42 Å². The van der Waals surface area contributed by atoms with E-state index in [1.54, 1.807) is 12.1 Å². The van der Waals surface area contributed by atoms with Crippen LogP contribution in [0.15, 0.2) is 29.2 Å². The summed E-state index contributed by atoms with van der Waals surface area (Å²) in [7, 11) is -3.29. The van der Waals surface area contributed by atoms with E-state index in [2.05, 4.69) is 19.2 Å². The zero-order valence-electron chi connectivity index (χ0n) is 12.8. The van der Waals surface area contributed by atoms with E-state index in [1.165, 1.54) is 18.6 Å². The normalized spacial score (nSPS) is 26.3. The van der Waals surface area contributed by atoms with Crippen LogP contribution < -0.4 is 5.32 Å². The lowest BCUT2D eigenvalue weighted by atomic mass is 9.78. The zero-order valence-corrected chi connectivity index (χ0v) is 13.6. The van der Waals surface area contributed by atoms with Crippen LogP contribution in [0.2, 0.25) is 0 Å². The monoisotopic (exact) mass is 309 g/mol. The first kappa shape index (κ1) is 16.0. The number of rotatable bonds is 3. The van der Waals surface area contributed by atoms with Gasteiger partial charge in [-0.1, -0.05) is 32.8 Å². The topological polar surface area (TPSA) is 63.2 Å². The van der Waals surface area contributed by atoms with Crippen LogP contribution in [0.3, 0.4) is 0 Å². The molecule has 1 aliphatic rings. The number of nitrogens with one attached hydrogen (secondary N) is 1. The van der Waals surface area contributed by atoms with Crippen LogP contribution in [0, 0.1) is 11.8 Å². The summed E-state index contributed by atoms with van der Waals surface area (Å²) in [5.74, 6) is 0.860. The number of hydrogen-bond donors (Lipinski definition) is 1. The van der Waals surface area contributed by atoms with Crippen molar-refractivity contribution < 1.29 is 13.2 Å². The van der Waals surface area contributed by atoms with E-state index in [1.807, 2.05) is 0 Å². The highest BCUT2D eigenvalue weighted by atomic mass is 32.2. The Morgan fingerprint density at radius 3 is 2.62 bits per heavy atom. The first-order chi connectivity index (χ1) is 9.79. The lowest BCUT2D eigenvalue weighted by Gasteiger charge is -2.34. The first-order valence-corrected chi connectivity index (χ1v) is 9.29. The van der Waals surface area contributed by atoms with Gasteiger partial charge in [0, 0.05) is 17.9 Å². The van der Waals surface area contributed by atoms with Gasteiger partial charge in [0.05, 0.1) is 4.90 Å². The maximum atomic E-state index is 12.3. The summed E-state index contributed by atoms with van der Waals surface area (Å²) >= 11 is 0. The summed E-state index contributed by atoms with van der Waals surface area (Å²) in [5, 5.41) is 3.06. The molecule has 1 saturated carbocycles. The maximum absolute atomic E-state index is 12.3. The van der Waals surface area contributed by atoms with Crippen LogP contribution in [0.1, 0.15) is 43.5 Å². The second-order valence-corrected chi connectivity index (χ2v) is 8.16. The van der Waals surface area contributed by atoms with Crippen molar-refractivity contribution in [2.45, 2.75) is 44.0 Å². The Labute approximate surface area is 126 Å². The molecule has 1 N–H and O–H groups in total.